The summed E-state index contributed by atoms with van der Waals surface area (Å²) in [6, 6.07) is 15.7. The molecule has 9 nitrogen and oxygen atoms in total. The molecule has 3 N–H and O–H groups in total. The van der Waals surface area contributed by atoms with Gasteiger partial charge in [-0.2, -0.15) is 0 Å². The Hall–Kier alpha value is -3.26. The summed E-state index contributed by atoms with van der Waals surface area (Å²) in [6.07, 6.45) is 2.84. The lowest BCUT2D eigenvalue weighted by atomic mass is 9.96. The van der Waals surface area contributed by atoms with Crippen LogP contribution in [0.1, 0.15) is 42.4 Å². The first-order chi connectivity index (χ1) is 15.9. The normalized spacial score (nSPS) is 11.6. The lowest BCUT2D eigenvalue weighted by Gasteiger charge is -2.16. The molecular formula is C23H25N6O3P. The van der Waals surface area contributed by atoms with E-state index in [1.54, 1.807) is 6.92 Å². The Morgan fingerprint density at radius 2 is 1.73 bits per heavy atom. The Morgan fingerprint density at radius 3 is 2.36 bits per heavy atom. The van der Waals surface area contributed by atoms with Gasteiger partial charge in [0.05, 0.1) is 0 Å². The van der Waals surface area contributed by atoms with Crippen molar-refractivity contribution in [1.29, 1.82) is 0 Å². The third-order valence-electron chi connectivity index (χ3n) is 5.40. The largest absolute Gasteiger partial charge is 0.374 e. The number of aromatic nitrogens is 6. The van der Waals surface area contributed by atoms with E-state index in [1.165, 1.54) is 0 Å². The number of benzene rings is 2. The van der Waals surface area contributed by atoms with Crippen molar-refractivity contribution in [3.63, 3.8) is 0 Å². The summed E-state index contributed by atoms with van der Waals surface area (Å²) in [5.74, 6) is 0.954. The molecule has 0 aliphatic carbocycles. The summed E-state index contributed by atoms with van der Waals surface area (Å²) in [6.45, 7) is 3.73. The Balaban J connectivity index is 1.69. The van der Waals surface area contributed by atoms with Gasteiger partial charge in [0.2, 0.25) is 0 Å². The van der Waals surface area contributed by atoms with Gasteiger partial charge in [0.1, 0.15) is 5.82 Å². The highest BCUT2D eigenvalue weighted by molar-refractivity contribution is 7.60. The number of hydrogen-bond donors (Lipinski definition) is 3. The number of hydrogen-bond acceptors (Lipinski definition) is 6. The zero-order chi connectivity index (χ0) is 23.4. The Labute approximate surface area is 191 Å². The lowest BCUT2D eigenvalue weighted by Crippen LogP contribution is -2.21. The molecule has 0 aliphatic heterocycles. The molecule has 0 saturated heterocycles. The fourth-order valence-corrected chi connectivity index (χ4v) is 4.67. The molecule has 0 aliphatic rings. The van der Waals surface area contributed by atoms with Gasteiger partial charge in [-0.25, -0.2) is 15.1 Å². The molecule has 0 atom stereocenters. The smallest absolute Gasteiger partial charge is 0.320 e. The first-order valence-electron chi connectivity index (χ1n) is 10.7. The van der Waals surface area contributed by atoms with Crippen LogP contribution in [0.15, 0.2) is 48.5 Å². The molecule has 170 valence electrons. The highest BCUT2D eigenvalue weighted by Gasteiger charge is 2.27. The van der Waals surface area contributed by atoms with Crippen LogP contribution in [0.3, 0.4) is 0 Å². The van der Waals surface area contributed by atoms with E-state index in [-0.39, 0.29) is 5.44 Å². The summed E-state index contributed by atoms with van der Waals surface area (Å²) < 4.78 is 12.2. The van der Waals surface area contributed by atoms with Crippen LogP contribution in [-0.2, 0) is 17.4 Å². The predicted molar refractivity (Wildman–Crippen MR) is 125 cm³/mol. The van der Waals surface area contributed by atoms with Gasteiger partial charge < -0.3 is 9.79 Å². The van der Waals surface area contributed by atoms with Gasteiger partial charge in [-0.3, -0.25) is 4.57 Å². The van der Waals surface area contributed by atoms with E-state index in [0.717, 1.165) is 35.1 Å². The zero-order valence-corrected chi connectivity index (χ0v) is 19.3. The van der Waals surface area contributed by atoms with E-state index < -0.39 is 7.60 Å². The van der Waals surface area contributed by atoms with Crippen LogP contribution in [0.4, 0.5) is 0 Å². The van der Waals surface area contributed by atoms with Crippen LogP contribution >= 0.6 is 7.60 Å². The van der Waals surface area contributed by atoms with Crippen molar-refractivity contribution in [3.8, 4) is 22.5 Å². The van der Waals surface area contributed by atoms with Crippen molar-refractivity contribution in [2.45, 2.75) is 39.5 Å². The minimum absolute atomic E-state index is 0.173. The second-order valence-corrected chi connectivity index (χ2v) is 9.35. The van der Waals surface area contributed by atoms with E-state index in [2.05, 4.69) is 37.5 Å². The molecule has 0 fully saturated rings. The van der Waals surface area contributed by atoms with Gasteiger partial charge in [-0.1, -0.05) is 61.9 Å². The van der Waals surface area contributed by atoms with Crippen LogP contribution < -0.4 is 5.44 Å². The van der Waals surface area contributed by atoms with E-state index in [9.17, 15) is 14.4 Å². The van der Waals surface area contributed by atoms with E-state index in [4.69, 9.17) is 0 Å². The fourth-order valence-electron chi connectivity index (χ4n) is 3.83. The number of H-pyrrole nitrogens is 1. The van der Waals surface area contributed by atoms with Crippen molar-refractivity contribution in [3.05, 3.63) is 71.2 Å². The summed E-state index contributed by atoms with van der Waals surface area (Å²) in [4.78, 5) is 28.5. The summed E-state index contributed by atoms with van der Waals surface area (Å²) in [5, 5.41) is 14.1. The number of aryl methyl sites for hydroxylation is 2. The molecule has 0 radical (unpaired) electrons. The molecular weight excluding hydrogens is 439 g/mol. The van der Waals surface area contributed by atoms with Gasteiger partial charge in [0.15, 0.2) is 11.3 Å². The molecule has 2 heterocycles. The maximum absolute atomic E-state index is 12.2. The molecule has 2 aromatic carbocycles. The predicted octanol–water partition coefficient (Wildman–Crippen LogP) is 3.37. The van der Waals surface area contributed by atoms with Crippen LogP contribution in [0.2, 0.25) is 0 Å². The van der Waals surface area contributed by atoms with E-state index in [1.807, 2.05) is 48.5 Å². The summed E-state index contributed by atoms with van der Waals surface area (Å²) in [5.41, 5.74) is 4.80. The van der Waals surface area contributed by atoms with Gasteiger partial charge >= 0.3 is 7.60 Å². The average molecular weight is 464 g/mol. The standard InChI is InChI=1S/C23H25N6O3P/c1-3-4-9-21-20(23(33(30,31)32)25-15(2)24-21)14-16-10-12-17(13-11-16)18-7-5-6-8-19(18)22-26-28-29-27-22/h5-8,10-13H,3-4,9,14H2,1-2H3,(H2,30,31,32)(H,26,27,28,29). The minimum atomic E-state index is -4.54. The highest BCUT2D eigenvalue weighted by Crippen LogP contribution is 2.36. The van der Waals surface area contributed by atoms with Crippen molar-refractivity contribution >= 4 is 13.0 Å². The van der Waals surface area contributed by atoms with Crippen molar-refractivity contribution in [2.75, 3.05) is 0 Å². The van der Waals surface area contributed by atoms with Crippen LogP contribution in [0, 0.1) is 6.92 Å². The first-order valence-corrected chi connectivity index (χ1v) is 12.3. The molecule has 0 amide bonds. The first kappa shape index (κ1) is 22.9. The Kier molecular flexibility index (Phi) is 6.74. The second-order valence-electron chi connectivity index (χ2n) is 7.84. The number of nitrogens with zero attached hydrogens (tertiary/aromatic N) is 5. The Bertz CT molecular complexity index is 1290. The molecule has 4 rings (SSSR count). The molecule has 33 heavy (non-hydrogen) atoms. The Morgan fingerprint density at radius 1 is 1.00 bits per heavy atom. The minimum Gasteiger partial charge on any atom is -0.320 e. The molecule has 2 aromatic heterocycles. The molecule has 0 spiro atoms. The highest BCUT2D eigenvalue weighted by atomic mass is 31.2. The average Bonchev–Trinajstić information content (AvgIpc) is 3.33. The van der Waals surface area contributed by atoms with Crippen LogP contribution in [-0.4, -0.2) is 40.4 Å². The van der Waals surface area contributed by atoms with Crippen molar-refractivity contribution in [2.24, 2.45) is 0 Å². The SMILES string of the molecule is CCCCc1nc(C)nc(P(=O)(O)O)c1Cc1ccc(-c2ccccc2-c2nnn[nH]2)cc1. The third-order valence-corrected chi connectivity index (χ3v) is 6.32. The maximum Gasteiger partial charge on any atom is 0.374 e. The number of rotatable bonds is 8. The van der Waals surface area contributed by atoms with Gasteiger partial charge in [0, 0.05) is 23.2 Å². The molecule has 0 unspecified atom stereocenters. The van der Waals surface area contributed by atoms with Crippen molar-refractivity contribution < 1.29 is 14.4 Å². The fraction of sp³-hybridized carbons (Fsp3) is 0.261. The number of tetrazole rings is 1. The molecule has 0 saturated carbocycles. The van der Waals surface area contributed by atoms with Crippen LogP contribution in [0.25, 0.3) is 22.5 Å². The molecule has 10 heteroatoms. The molecule has 4 aromatic rings. The molecule has 0 bridgehead atoms. The van der Waals surface area contributed by atoms with Gasteiger partial charge in [-0.05, 0) is 46.9 Å². The number of nitrogens with one attached hydrogen (secondary N) is 1. The van der Waals surface area contributed by atoms with Gasteiger partial charge in [-0.15, -0.1) is 5.10 Å². The topological polar surface area (TPSA) is 138 Å². The lowest BCUT2D eigenvalue weighted by molar-refractivity contribution is 0.385. The van der Waals surface area contributed by atoms with E-state index >= 15 is 0 Å². The zero-order valence-electron chi connectivity index (χ0n) is 18.4. The number of unbranched alkanes of at least 4 members (excludes halogenated alkanes) is 1. The monoisotopic (exact) mass is 464 g/mol. The quantitative estimate of drug-likeness (QED) is 0.338. The summed E-state index contributed by atoms with van der Waals surface area (Å²) in [7, 11) is -4.54. The van der Waals surface area contributed by atoms with Crippen LogP contribution in [0.5, 0.6) is 0 Å². The third kappa shape index (κ3) is 5.22. The second kappa shape index (κ2) is 9.70. The van der Waals surface area contributed by atoms with Crippen molar-refractivity contribution in [1.82, 2.24) is 30.6 Å². The maximum atomic E-state index is 12.2. The summed E-state index contributed by atoms with van der Waals surface area (Å²) >= 11 is 0. The number of aromatic amines is 1. The van der Waals surface area contributed by atoms with Gasteiger partial charge in [0.25, 0.3) is 0 Å². The van der Waals surface area contributed by atoms with E-state index in [0.29, 0.717) is 35.7 Å².